The van der Waals surface area contributed by atoms with Crippen molar-refractivity contribution in [2.45, 2.75) is 51.1 Å². The number of aryl methyl sites for hydroxylation is 1. The number of carbonyl (C=O) groups is 1. The number of hydrogen-bond acceptors (Lipinski definition) is 5. The first-order chi connectivity index (χ1) is 12.1. The smallest absolute Gasteiger partial charge is 0.475 e. The number of ether oxygens (including phenoxy) is 2. The van der Waals surface area contributed by atoms with Crippen LogP contribution in [0.25, 0.3) is 0 Å². The summed E-state index contributed by atoms with van der Waals surface area (Å²) in [6.45, 7) is 9.16. The predicted octanol–water partition coefficient (Wildman–Crippen LogP) is 3.46. The van der Waals surface area contributed by atoms with Crippen LogP contribution in [0.4, 0.5) is 13.2 Å². The van der Waals surface area contributed by atoms with Gasteiger partial charge in [-0.1, -0.05) is 0 Å². The van der Waals surface area contributed by atoms with Gasteiger partial charge in [0.05, 0.1) is 11.7 Å². The van der Waals surface area contributed by atoms with Crippen molar-refractivity contribution in [2.24, 2.45) is 0 Å². The van der Waals surface area contributed by atoms with E-state index < -0.39 is 12.1 Å². The summed E-state index contributed by atoms with van der Waals surface area (Å²) < 4.78 is 43.6. The summed E-state index contributed by atoms with van der Waals surface area (Å²) in [5.74, 6) is -2.76. The van der Waals surface area contributed by atoms with Crippen LogP contribution in [0.2, 0.25) is 0 Å². The van der Waals surface area contributed by atoms with E-state index in [0.29, 0.717) is 6.10 Å². The highest BCUT2D eigenvalue weighted by Gasteiger charge is 2.47. The minimum Gasteiger partial charge on any atom is -0.475 e. The fraction of sp³-hybridized carbons (Fsp3) is 0.706. The molecule has 0 aliphatic carbocycles. The third-order valence-corrected chi connectivity index (χ3v) is 5.46. The summed E-state index contributed by atoms with van der Waals surface area (Å²) in [7, 11) is 0. The number of alkyl halides is 3. The first kappa shape index (κ1) is 21.1. The quantitative estimate of drug-likeness (QED) is 0.846. The van der Waals surface area contributed by atoms with Crippen LogP contribution in [-0.2, 0) is 20.8 Å². The van der Waals surface area contributed by atoms with Crippen LogP contribution >= 0.6 is 11.3 Å². The molecular formula is C17H24F3NO4S. The van der Waals surface area contributed by atoms with Gasteiger partial charge in [0.25, 0.3) is 0 Å². The first-order valence-corrected chi connectivity index (χ1v) is 9.34. The molecule has 1 aromatic heterocycles. The van der Waals surface area contributed by atoms with Gasteiger partial charge in [-0.3, -0.25) is 4.90 Å². The Balaban J connectivity index is 0.000000298. The molecule has 3 heterocycles. The predicted molar refractivity (Wildman–Crippen MR) is 91.4 cm³/mol. The van der Waals surface area contributed by atoms with Gasteiger partial charge in [-0.2, -0.15) is 13.2 Å². The molecule has 0 saturated carbocycles. The van der Waals surface area contributed by atoms with Crippen molar-refractivity contribution in [3.63, 3.8) is 0 Å². The molecule has 0 bridgehead atoms. The summed E-state index contributed by atoms with van der Waals surface area (Å²) in [5.41, 5.74) is 1.51. The number of carboxylic acids is 1. The zero-order valence-electron chi connectivity index (χ0n) is 14.8. The monoisotopic (exact) mass is 395 g/mol. The minimum atomic E-state index is -5.08. The van der Waals surface area contributed by atoms with E-state index in [1.807, 2.05) is 11.3 Å². The van der Waals surface area contributed by atoms with Crippen LogP contribution in [0.3, 0.4) is 0 Å². The van der Waals surface area contributed by atoms with Crippen molar-refractivity contribution < 1.29 is 32.5 Å². The minimum absolute atomic E-state index is 0.0866. The van der Waals surface area contributed by atoms with Crippen molar-refractivity contribution in [3.05, 3.63) is 21.9 Å². The highest BCUT2D eigenvalue weighted by molar-refractivity contribution is 7.10. The van der Waals surface area contributed by atoms with Crippen LogP contribution in [0, 0.1) is 6.92 Å². The summed E-state index contributed by atoms with van der Waals surface area (Å²) >= 11 is 1.86. The number of hydrogen-bond donors (Lipinski definition) is 1. The third-order valence-electron chi connectivity index (χ3n) is 4.45. The molecule has 0 amide bonds. The number of nitrogens with zero attached hydrogens (tertiary/aromatic N) is 1. The van der Waals surface area contributed by atoms with E-state index in [1.54, 1.807) is 0 Å². The topological polar surface area (TPSA) is 59.0 Å². The van der Waals surface area contributed by atoms with Crippen molar-refractivity contribution in [1.82, 2.24) is 4.90 Å². The number of halogens is 3. The van der Waals surface area contributed by atoms with Gasteiger partial charge in [0, 0.05) is 44.1 Å². The Labute approximate surface area is 154 Å². The van der Waals surface area contributed by atoms with Gasteiger partial charge < -0.3 is 14.6 Å². The molecule has 1 atom stereocenters. The van der Waals surface area contributed by atoms with Crippen LogP contribution in [0.15, 0.2) is 11.4 Å². The van der Waals surface area contributed by atoms with Crippen LogP contribution in [-0.4, -0.2) is 60.2 Å². The van der Waals surface area contributed by atoms with Crippen LogP contribution < -0.4 is 0 Å². The fourth-order valence-electron chi connectivity index (χ4n) is 3.23. The van der Waals surface area contributed by atoms with E-state index in [9.17, 15) is 13.2 Å². The average Bonchev–Trinajstić information content (AvgIpc) is 2.91. The summed E-state index contributed by atoms with van der Waals surface area (Å²) in [5, 5.41) is 9.31. The molecule has 148 valence electrons. The zero-order valence-corrected chi connectivity index (χ0v) is 15.7. The Bertz CT molecular complexity index is 597. The van der Waals surface area contributed by atoms with Crippen LogP contribution in [0.1, 0.15) is 30.2 Å². The molecule has 26 heavy (non-hydrogen) atoms. The number of thiophene rings is 1. The first-order valence-electron chi connectivity index (χ1n) is 8.46. The second-order valence-electron chi connectivity index (χ2n) is 6.58. The Morgan fingerprint density at radius 1 is 1.50 bits per heavy atom. The van der Waals surface area contributed by atoms with E-state index >= 15 is 0 Å². The van der Waals surface area contributed by atoms with Crippen LogP contribution in [0.5, 0.6) is 0 Å². The maximum absolute atomic E-state index is 10.6. The van der Waals surface area contributed by atoms with E-state index in [0.717, 1.165) is 45.7 Å². The van der Waals surface area contributed by atoms with Gasteiger partial charge in [-0.25, -0.2) is 4.79 Å². The average molecular weight is 395 g/mol. The zero-order chi connectivity index (χ0) is 19.4. The molecule has 1 aromatic rings. The molecule has 2 aliphatic rings. The molecular weight excluding hydrogens is 371 g/mol. The normalized spacial score (nSPS) is 22.4. The maximum Gasteiger partial charge on any atom is 0.490 e. The molecule has 3 rings (SSSR count). The molecule has 9 heteroatoms. The lowest BCUT2D eigenvalue weighted by Gasteiger charge is -2.53. The molecule has 2 aliphatic heterocycles. The highest BCUT2D eigenvalue weighted by Crippen LogP contribution is 2.36. The van der Waals surface area contributed by atoms with E-state index in [2.05, 4.69) is 30.2 Å². The second kappa shape index (κ2) is 8.69. The van der Waals surface area contributed by atoms with Crippen molar-refractivity contribution in [3.8, 4) is 0 Å². The number of rotatable bonds is 4. The molecule has 2 saturated heterocycles. The van der Waals surface area contributed by atoms with Crippen molar-refractivity contribution in [1.29, 1.82) is 0 Å². The molecule has 1 N–H and O–H groups in total. The van der Waals surface area contributed by atoms with Gasteiger partial charge in [0.2, 0.25) is 0 Å². The standard InChI is InChI=1S/C15H23NO2S.C2HF3O2/c1-3-17-13-4-6-18-15(8-13)10-16(11-15)9-14-12(2)5-7-19-14;3-2(4,5)1(6)7/h5,7,13H,3-4,6,8-11H2,1-2H3;(H,6,7). The molecule has 1 unspecified atom stereocenters. The third kappa shape index (κ3) is 5.67. The lowest BCUT2D eigenvalue weighted by molar-refractivity contribution is -0.198. The summed E-state index contributed by atoms with van der Waals surface area (Å²) in [4.78, 5) is 12.9. The van der Waals surface area contributed by atoms with Gasteiger partial charge in [-0.05, 0) is 37.3 Å². The molecule has 1 spiro atoms. The highest BCUT2D eigenvalue weighted by atomic mass is 32.1. The summed E-state index contributed by atoms with van der Waals surface area (Å²) in [6.07, 6.45) is -2.55. The second-order valence-corrected chi connectivity index (χ2v) is 7.58. The Morgan fingerprint density at radius 3 is 2.65 bits per heavy atom. The number of aliphatic carboxylic acids is 1. The number of likely N-dealkylation sites (tertiary alicyclic amines) is 1. The SMILES string of the molecule is CCOC1CCOC2(C1)CN(Cc1sccc1C)C2.O=C(O)C(F)(F)F. The molecule has 0 radical (unpaired) electrons. The van der Waals surface area contributed by atoms with Crippen molar-refractivity contribution in [2.75, 3.05) is 26.3 Å². The van der Waals surface area contributed by atoms with Gasteiger partial charge in [0.1, 0.15) is 0 Å². The van der Waals surface area contributed by atoms with Gasteiger partial charge >= 0.3 is 12.1 Å². The largest absolute Gasteiger partial charge is 0.490 e. The lowest BCUT2D eigenvalue weighted by atomic mass is 9.84. The maximum atomic E-state index is 10.6. The molecule has 0 aromatic carbocycles. The Morgan fingerprint density at radius 2 is 2.15 bits per heavy atom. The fourth-order valence-corrected chi connectivity index (χ4v) is 4.18. The molecule has 2 fully saturated rings. The summed E-state index contributed by atoms with van der Waals surface area (Å²) in [6, 6.07) is 2.21. The Kier molecular flexibility index (Phi) is 7.06. The van der Waals surface area contributed by atoms with Gasteiger partial charge in [-0.15, -0.1) is 11.3 Å². The molecule has 5 nitrogen and oxygen atoms in total. The van der Waals surface area contributed by atoms with E-state index in [4.69, 9.17) is 19.4 Å². The number of carboxylic acid groups (broad SMARTS) is 1. The van der Waals surface area contributed by atoms with Crippen molar-refractivity contribution >= 4 is 17.3 Å². The van der Waals surface area contributed by atoms with E-state index in [-0.39, 0.29) is 5.60 Å². The Hall–Kier alpha value is -1.16. The lowest BCUT2D eigenvalue weighted by Crippen LogP contribution is -2.65. The van der Waals surface area contributed by atoms with E-state index in [1.165, 1.54) is 10.4 Å². The van der Waals surface area contributed by atoms with Gasteiger partial charge in [0.15, 0.2) is 0 Å².